The molecule has 16 heavy (non-hydrogen) atoms. The maximum absolute atomic E-state index is 11.2. The zero-order chi connectivity index (χ0) is 12.3. The van der Waals surface area contributed by atoms with Crippen molar-refractivity contribution in [3.05, 3.63) is 24.3 Å². The van der Waals surface area contributed by atoms with Crippen molar-refractivity contribution in [3.8, 4) is 11.8 Å². The first-order valence-corrected chi connectivity index (χ1v) is 4.85. The number of nitrogens with zero attached hydrogens (tertiary/aromatic N) is 1. The summed E-state index contributed by atoms with van der Waals surface area (Å²) in [7, 11) is 0. The van der Waals surface area contributed by atoms with E-state index in [-0.39, 0.29) is 18.3 Å². The lowest BCUT2D eigenvalue weighted by molar-refractivity contribution is -0.144. The van der Waals surface area contributed by atoms with Gasteiger partial charge in [-0.25, -0.2) is 4.79 Å². The lowest BCUT2D eigenvalue weighted by atomic mass is 10.3. The minimum absolute atomic E-state index is 0.0734. The van der Waals surface area contributed by atoms with E-state index >= 15 is 0 Å². The molecule has 0 aliphatic rings. The van der Waals surface area contributed by atoms with Gasteiger partial charge in [0, 0.05) is 17.7 Å². The van der Waals surface area contributed by atoms with Gasteiger partial charge in [0.25, 0.3) is 0 Å². The van der Waals surface area contributed by atoms with Gasteiger partial charge in [-0.15, -0.1) is 0 Å². The van der Waals surface area contributed by atoms with Crippen molar-refractivity contribution in [2.45, 2.75) is 26.5 Å². The molecule has 1 rings (SSSR count). The van der Waals surface area contributed by atoms with E-state index in [2.05, 4.69) is 6.58 Å². The summed E-state index contributed by atoms with van der Waals surface area (Å²) in [6.45, 7) is 6.87. The van der Waals surface area contributed by atoms with Crippen molar-refractivity contribution in [2.24, 2.45) is 0 Å². The predicted molar refractivity (Wildman–Crippen MR) is 58.1 cm³/mol. The van der Waals surface area contributed by atoms with Crippen molar-refractivity contribution < 1.29 is 19.7 Å². The Morgan fingerprint density at radius 3 is 2.44 bits per heavy atom. The van der Waals surface area contributed by atoms with Crippen LogP contribution in [0.2, 0.25) is 0 Å². The molecule has 0 fully saturated rings. The molecule has 0 aliphatic carbocycles. The maximum Gasteiger partial charge on any atom is 0.333 e. The summed E-state index contributed by atoms with van der Waals surface area (Å²) in [6, 6.07) is 2.73. The Balaban J connectivity index is 2.61. The Bertz CT molecular complexity index is 389. The van der Waals surface area contributed by atoms with E-state index in [1.165, 1.54) is 16.7 Å². The Morgan fingerprint density at radius 2 is 2.00 bits per heavy atom. The molecular formula is C11H15NO4. The Kier molecular flexibility index (Phi) is 3.60. The molecule has 1 heterocycles. The first-order chi connectivity index (χ1) is 7.41. The molecule has 0 spiro atoms. The number of aromatic nitrogens is 1. The van der Waals surface area contributed by atoms with E-state index < -0.39 is 12.1 Å². The highest BCUT2D eigenvalue weighted by atomic mass is 16.5. The highest BCUT2D eigenvalue weighted by molar-refractivity contribution is 5.87. The Hall–Kier alpha value is -1.91. The lowest BCUT2D eigenvalue weighted by Gasteiger charge is -2.15. The van der Waals surface area contributed by atoms with Crippen LogP contribution in [0.5, 0.6) is 11.8 Å². The highest BCUT2D eigenvalue weighted by Gasteiger charge is 2.14. The molecule has 0 amide bonds. The largest absolute Gasteiger partial charge is 0.494 e. The summed E-state index contributed by atoms with van der Waals surface area (Å²) in [4.78, 5) is 11.2. The fraction of sp³-hybridized carbons (Fsp3) is 0.364. The number of rotatable bonds is 4. The van der Waals surface area contributed by atoms with Crippen LogP contribution in [0.15, 0.2) is 24.3 Å². The number of aromatic hydroxyl groups is 2. The molecule has 0 bridgehead atoms. The van der Waals surface area contributed by atoms with Crippen molar-refractivity contribution in [1.82, 2.24) is 4.57 Å². The van der Waals surface area contributed by atoms with Gasteiger partial charge in [-0.1, -0.05) is 6.58 Å². The van der Waals surface area contributed by atoms with Crippen LogP contribution in [0.25, 0.3) is 0 Å². The monoisotopic (exact) mass is 225 g/mol. The van der Waals surface area contributed by atoms with Crippen LogP contribution < -0.4 is 0 Å². The van der Waals surface area contributed by atoms with E-state index in [4.69, 9.17) is 4.74 Å². The topological polar surface area (TPSA) is 71.7 Å². The van der Waals surface area contributed by atoms with E-state index in [0.717, 1.165) is 0 Å². The van der Waals surface area contributed by atoms with Gasteiger partial charge in [-0.2, -0.15) is 0 Å². The lowest BCUT2D eigenvalue weighted by Crippen LogP contribution is -2.20. The van der Waals surface area contributed by atoms with Crippen LogP contribution in [0.3, 0.4) is 0 Å². The molecule has 1 unspecified atom stereocenters. The van der Waals surface area contributed by atoms with E-state index in [1.807, 2.05) is 0 Å². The van der Waals surface area contributed by atoms with Crippen LogP contribution >= 0.6 is 0 Å². The summed E-state index contributed by atoms with van der Waals surface area (Å²) in [6.07, 6.45) is -0.464. The number of carbonyl (C=O) groups is 1. The predicted octanol–water partition coefficient (Wildman–Crippen LogP) is 1.41. The minimum atomic E-state index is -0.487. The molecule has 5 heteroatoms. The second-order valence-electron chi connectivity index (χ2n) is 3.66. The van der Waals surface area contributed by atoms with Crippen LogP contribution in [0, 0.1) is 0 Å². The Morgan fingerprint density at radius 1 is 1.50 bits per heavy atom. The number of hydrogen-bond acceptors (Lipinski definition) is 4. The van der Waals surface area contributed by atoms with Gasteiger partial charge in [-0.05, 0) is 13.8 Å². The van der Waals surface area contributed by atoms with Crippen LogP contribution in [0.4, 0.5) is 0 Å². The van der Waals surface area contributed by atoms with Gasteiger partial charge >= 0.3 is 5.97 Å². The molecule has 0 aromatic carbocycles. The second-order valence-corrected chi connectivity index (χ2v) is 3.66. The van der Waals surface area contributed by atoms with Crippen LogP contribution in [-0.4, -0.2) is 26.9 Å². The molecule has 0 aliphatic heterocycles. The summed E-state index contributed by atoms with van der Waals surface area (Å²) in [5.41, 5.74) is 0.313. The van der Waals surface area contributed by atoms with E-state index in [9.17, 15) is 15.0 Å². The van der Waals surface area contributed by atoms with Crippen LogP contribution in [0.1, 0.15) is 13.8 Å². The molecule has 0 radical (unpaired) electrons. The normalized spacial score (nSPS) is 12.1. The average Bonchev–Trinajstić information content (AvgIpc) is 2.49. The highest BCUT2D eigenvalue weighted by Crippen LogP contribution is 2.21. The van der Waals surface area contributed by atoms with E-state index in [0.29, 0.717) is 5.57 Å². The van der Waals surface area contributed by atoms with Gasteiger partial charge in [0.2, 0.25) is 0 Å². The van der Waals surface area contributed by atoms with Gasteiger partial charge in [0.1, 0.15) is 6.10 Å². The zero-order valence-electron chi connectivity index (χ0n) is 9.30. The van der Waals surface area contributed by atoms with Crippen molar-refractivity contribution in [3.63, 3.8) is 0 Å². The molecule has 88 valence electrons. The molecule has 1 aromatic rings. The third-order valence-corrected chi connectivity index (χ3v) is 2.03. The fourth-order valence-corrected chi connectivity index (χ4v) is 1.21. The third-order valence-electron chi connectivity index (χ3n) is 2.03. The zero-order valence-corrected chi connectivity index (χ0v) is 9.30. The fourth-order valence-electron chi connectivity index (χ4n) is 1.21. The van der Waals surface area contributed by atoms with Crippen molar-refractivity contribution in [1.29, 1.82) is 0 Å². The van der Waals surface area contributed by atoms with Crippen molar-refractivity contribution in [2.75, 3.05) is 0 Å². The molecule has 0 saturated carbocycles. The average molecular weight is 225 g/mol. The van der Waals surface area contributed by atoms with Gasteiger partial charge in [-0.3, -0.25) is 4.57 Å². The smallest absolute Gasteiger partial charge is 0.333 e. The first kappa shape index (κ1) is 12.2. The second kappa shape index (κ2) is 4.74. The van der Waals surface area contributed by atoms with E-state index in [1.54, 1.807) is 13.8 Å². The number of hydrogen-bond donors (Lipinski definition) is 2. The summed E-state index contributed by atoms with van der Waals surface area (Å²) in [5, 5.41) is 18.7. The molecule has 1 aromatic heterocycles. The Labute approximate surface area is 93.6 Å². The van der Waals surface area contributed by atoms with Gasteiger partial charge < -0.3 is 14.9 Å². The summed E-state index contributed by atoms with van der Waals surface area (Å²) >= 11 is 0. The first-order valence-electron chi connectivity index (χ1n) is 4.85. The molecule has 2 N–H and O–H groups in total. The van der Waals surface area contributed by atoms with Gasteiger partial charge in [0.05, 0.1) is 6.54 Å². The summed E-state index contributed by atoms with van der Waals surface area (Å²) in [5.74, 6) is -0.634. The molecular weight excluding hydrogens is 210 g/mol. The SMILES string of the molecule is C=C(C)C(=O)OC(C)Cn1c(O)ccc1O. The third kappa shape index (κ3) is 2.79. The quantitative estimate of drug-likeness (QED) is 0.600. The standard InChI is InChI=1S/C11H15NO4/c1-7(2)11(15)16-8(3)6-12-9(13)4-5-10(12)14/h4-5,8,13-14H,1,6H2,2-3H3. The molecule has 0 saturated heterocycles. The number of esters is 1. The maximum atomic E-state index is 11.2. The van der Waals surface area contributed by atoms with Gasteiger partial charge in [0.15, 0.2) is 11.8 Å². The summed E-state index contributed by atoms with van der Waals surface area (Å²) < 4.78 is 6.26. The number of ether oxygens (including phenoxy) is 1. The number of carbonyl (C=O) groups excluding carboxylic acids is 1. The van der Waals surface area contributed by atoms with Crippen molar-refractivity contribution >= 4 is 5.97 Å². The van der Waals surface area contributed by atoms with Crippen LogP contribution in [-0.2, 0) is 16.1 Å². The minimum Gasteiger partial charge on any atom is -0.494 e. The molecule has 5 nitrogen and oxygen atoms in total. The molecule has 1 atom stereocenters.